The van der Waals surface area contributed by atoms with Crippen LogP contribution in [0, 0.1) is 0 Å². The fourth-order valence-corrected chi connectivity index (χ4v) is 4.27. The van der Waals surface area contributed by atoms with E-state index in [9.17, 15) is 18.3 Å². The zero-order chi connectivity index (χ0) is 19.0. The van der Waals surface area contributed by atoms with Gasteiger partial charge in [0.1, 0.15) is 0 Å². The maximum Gasteiger partial charge on any atom is 0.417 e. The Labute approximate surface area is 157 Å². The van der Waals surface area contributed by atoms with Crippen molar-refractivity contribution in [3.8, 4) is 5.75 Å². The average Bonchev–Trinajstić information content (AvgIpc) is 3.03. The quantitative estimate of drug-likeness (QED) is 0.734. The van der Waals surface area contributed by atoms with Crippen LogP contribution in [0.15, 0.2) is 36.7 Å². The van der Waals surface area contributed by atoms with Crippen LogP contribution in [0.2, 0.25) is 0 Å². The molecule has 1 N–H and O–H groups in total. The molecule has 142 valence electrons. The summed E-state index contributed by atoms with van der Waals surface area (Å²) in [5, 5.41) is 9.92. The van der Waals surface area contributed by atoms with Crippen molar-refractivity contribution in [3.63, 3.8) is 0 Å². The largest absolute Gasteiger partial charge is 0.504 e. The molecule has 5 nitrogen and oxygen atoms in total. The maximum absolute atomic E-state index is 12.8. The first-order chi connectivity index (χ1) is 12.9. The minimum absolute atomic E-state index is 0.169. The van der Waals surface area contributed by atoms with E-state index in [-0.39, 0.29) is 5.75 Å². The standard InChI is InChI=1S/C18H17F3N4OS/c19-18(20,21)12-8-16-14(23-10-12)9-13(27-16)11-24-4-6-25(7-5-24)17-15(26)2-1-3-22-17/h1-3,8-10,26H,4-7,11H2. The molecule has 0 spiro atoms. The molecule has 3 aromatic rings. The molecular weight excluding hydrogens is 377 g/mol. The topological polar surface area (TPSA) is 52.5 Å². The Balaban J connectivity index is 1.42. The molecule has 0 aromatic carbocycles. The van der Waals surface area contributed by atoms with Gasteiger partial charge in [-0.25, -0.2) is 4.98 Å². The molecule has 0 bridgehead atoms. The lowest BCUT2D eigenvalue weighted by Crippen LogP contribution is -2.46. The summed E-state index contributed by atoms with van der Waals surface area (Å²) < 4.78 is 39.0. The van der Waals surface area contributed by atoms with Gasteiger partial charge < -0.3 is 10.0 Å². The van der Waals surface area contributed by atoms with Crippen LogP contribution in [0.4, 0.5) is 19.0 Å². The molecule has 0 aliphatic carbocycles. The predicted octanol–water partition coefficient (Wildman–Crippen LogP) is 3.74. The summed E-state index contributed by atoms with van der Waals surface area (Å²) in [6.07, 6.45) is -1.84. The molecule has 0 atom stereocenters. The molecule has 1 saturated heterocycles. The van der Waals surface area contributed by atoms with Crippen molar-refractivity contribution in [2.45, 2.75) is 12.7 Å². The van der Waals surface area contributed by atoms with Crippen LogP contribution < -0.4 is 4.90 Å². The molecule has 3 aromatic heterocycles. The third-order valence-corrected chi connectivity index (χ3v) is 5.62. The zero-order valence-electron chi connectivity index (χ0n) is 14.3. The molecule has 4 heterocycles. The second-order valence-electron chi connectivity index (χ2n) is 6.43. The Kier molecular flexibility index (Phi) is 4.65. The first-order valence-corrected chi connectivity index (χ1v) is 9.29. The Morgan fingerprint density at radius 1 is 1.11 bits per heavy atom. The van der Waals surface area contributed by atoms with Gasteiger partial charge in [-0.05, 0) is 24.3 Å². The van der Waals surface area contributed by atoms with E-state index in [0.717, 1.165) is 43.3 Å². The zero-order valence-corrected chi connectivity index (χ0v) is 15.1. The Bertz CT molecular complexity index is 951. The molecule has 4 rings (SSSR count). The van der Waals surface area contributed by atoms with Crippen molar-refractivity contribution in [2.75, 3.05) is 31.1 Å². The van der Waals surface area contributed by atoms with Gasteiger partial charge in [-0.2, -0.15) is 13.2 Å². The molecular formula is C18H17F3N4OS. The highest BCUT2D eigenvalue weighted by atomic mass is 32.1. The highest BCUT2D eigenvalue weighted by molar-refractivity contribution is 7.19. The van der Waals surface area contributed by atoms with Gasteiger partial charge in [0, 0.05) is 50.0 Å². The number of piperazine rings is 1. The normalized spacial score (nSPS) is 16.2. The fraction of sp³-hybridized carbons (Fsp3) is 0.333. The molecule has 0 saturated carbocycles. The Hall–Kier alpha value is -2.39. The summed E-state index contributed by atoms with van der Waals surface area (Å²) in [5.74, 6) is 0.755. The third kappa shape index (κ3) is 3.84. The maximum atomic E-state index is 12.8. The number of thiophene rings is 1. The highest BCUT2D eigenvalue weighted by Crippen LogP contribution is 2.33. The van der Waals surface area contributed by atoms with Crippen LogP contribution in [0.1, 0.15) is 10.4 Å². The van der Waals surface area contributed by atoms with E-state index in [2.05, 4.69) is 14.9 Å². The van der Waals surface area contributed by atoms with E-state index < -0.39 is 11.7 Å². The molecule has 9 heteroatoms. The molecule has 0 unspecified atom stereocenters. The average molecular weight is 394 g/mol. The number of hydrogen-bond acceptors (Lipinski definition) is 6. The third-order valence-electron chi connectivity index (χ3n) is 4.57. The van der Waals surface area contributed by atoms with Crippen molar-refractivity contribution < 1.29 is 18.3 Å². The Morgan fingerprint density at radius 2 is 1.89 bits per heavy atom. The lowest BCUT2D eigenvalue weighted by atomic mass is 10.2. The Morgan fingerprint density at radius 3 is 2.59 bits per heavy atom. The molecule has 1 fully saturated rings. The van der Waals surface area contributed by atoms with Gasteiger partial charge in [-0.15, -0.1) is 11.3 Å². The van der Waals surface area contributed by atoms with E-state index in [0.29, 0.717) is 22.6 Å². The number of alkyl halides is 3. The summed E-state index contributed by atoms with van der Waals surface area (Å²) in [5.41, 5.74) is -0.118. The monoisotopic (exact) mass is 394 g/mol. The van der Waals surface area contributed by atoms with Crippen LogP contribution in [0.25, 0.3) is 10.2 Å². The minimum Gasteiger partial charge on any atom is -0.504 e. The van der Waals surface area contributed by atoms with E-state index >= 15 is 0 Å². The van der Waals surface area contributed by atoms with Crippen LogP contribution in [-0.4, -0.2) is 46.2 Å². The number of rotatable bonds is 3. The van der Waals surface area contributed by atoms with Crippen molar-refractivity contribution in [1.29, 1.82) is 0 Å². The summed E-state index contributed by atoms with van der Waals surface area (Å²) in [4.78, 5) is 13.4. The van der Waals surface area contributed by atoms with Gasteiger partial charge in [0.25, 0.3) is 0 Å². The van der Waals surface area contributed by atoms with E-state index in [4.69, 9.17) is 0 Å². The van der Waals surface area contributed by atoms with Gasteiger partial charge in [0.15, 0.2) is 11.6 Å². The van der Waals surface area contributed by atoms with Gasteiger partial charge in [-0.3, -0.25) is 9.88 Å². The van der Waals surface area contributed by atoms with Crippen LogP contribution in [0.3, 0.4) is 0 Å². The molecule has 27 heavy (non-hydrogen) atoms. The van der Waals surface area contributed by atoms with Crippen molar-refractivity contribution >= 4 is 27.4 Å². The lowest BCUT2D eigenvalue weighted by molar-refractivity contribution is -0.137. The SMILES string of the molecule is Oc1cccnc1N1CCN(Cc2cc3ncc(C(F)(F)F)cc3s2)CC1. The van der Waals surface area contributed by atoms with Gasteiger partial charge in [0.2, 0.25) is 0 Å². The van der Waals surface area contributed by atoms with Crippen molar-refractivity contribution in [1.82, 2.24) is 14.9 Å². The first kappa shape index (κ1) is 18.0. The number of halogens is 3. The number of aromatic hydroxyl groups is 1. The van der Waals surface area contributed by atoms with Crippen LogP contribution in [0.5, 0.6) is 5.75 Å². The first-order valence-electron chi connectivity index (χ1n) is 8.47. The number of fused-ring (bicyclic) bond motifs is 1. The molecule has 0 radical (unpaired) electrons. The molecule has 1 aliphatic rings. The second kappa shape index (κ2) is 6.97. The van der Waals surface area contributed by atoms with Gasteiger partial charge in [-0.1, -0.05) is 0 Å². The number of hydrogen-bond donors (Lipinski definition) is 1. The number of pyridine rings is 2. The van der Waals surface area contributed by atoms with Gasteiger partial charge in [0.05, 0.1) is 15.8 Å². The number of anilines is 1. The van der Waals surface area contributed by atoms with E-state index in [1.165, 1.54) is 11.3 Å². The fourth-order valence-electron chi connectivity index (χ4n) is 3.17. The predicted molar refractivity (Wildman–Crippen MR) is 98.0 cm³/mol. The molecule has 1 aliphatic heterocycles. The summed E-state index contributed by atoms with van der Waals surface area (Å²) in [7, 11) is 0. The lowest BCUT2D eigenvalue weighted by Gasteiger charge is -2.35. The minimum atomic E-state index is -4.38. The summed E-state index contributed by atoms with van der Waals surface area (Å²) in [6.45, 7) is 3.69. The highest BCUT2D eigenvalue weighted by Gasteiger charge is 2.31. The molecule has 0 amide bonds. The smallest absolute Gasteiger partial charge is 0.417 e. The van der Waals surface area contributed by atoms with E-state index in [1.54, 1.807) is 18.3 Å². The van der Waals surface area contributed by atoms with Crippen LogP contribution in [-0.2, 0) is 12.7 Å². The summed E-state index contributed by atoms with van der Waals surface area (Å²) >= 11 is 1.35. The number of aromatic nitrogens is 2. The number of nitrogens with zero attached hydrogens (tertiary/aromatic N) is 4. The van der Waals surface area contributed by atoms with Crippen LogP contribution >= 0.6 is 11.3 Å². The van der Waals surface area contributed by atoms with Crippen molar-refractivity contribution in [2.24, 2.45) is 0 Å². The summed E-state index contributed by atoms with van der Waals surface area (Å²) in [6, 6.07) is 6.33. The second-order valence-corrected chi connectivity index (χ2v) is 7.60. The van der Waals surface area contributed by atoms with Gasteiger partial charge >= 0.3 is 6.18 Å². The van der Waals surface area contributed by atoms with E-state index in [1.807, 2.05) is 11.0 Å². The van der Waals surface area contributed by atoms with Crippen molar-refractivity contribution in [3.05, 3.63) is 47.1 Å².